The second kappa shape index (κ2) is 8.25. The van der Waals surface area contributed by atoms with Gasteiger partial charge >= 0.3 is 0 Å². The summed E-state index contributed by atoms with van der Waals surface area (Å²) in [5.41, 5.74) is 2.43. The minimum absolute atomic E-state index is 0.200. The Balaban J connectivity index is 1.69. The third-order valence-corrected chi connectivity index (χ3v) is 4.32. The molecule has 5 heteroatoms. The van der Waals surface area contributed by atoms with Crippen LogP contribution in [0, 0.1) is 0 Å². The van der Waals surface area contributed by atoms with Crippen LogP contribution in [-0.2, 0) is 7.05 Å². The molecule has 3 rings (SSSR count). The lowest BCUT2D eigenvalue weighted by Crippen LogP contribution is -2.29. The molecule has 0 aliphatic heterocycles. The first-order valence-electron chi connectivity index (χ1n) is 8.57. The molecular weight excluding hydrogens is 326 g/mol. The molecule has 0 radical (unpaired) electrons. The molecule has 5 nitrogen and oxygen atoms in total. The van der Waals surface area contributed by atoms with Crippen molar-refractivity contribution in [3.8, 4) is 0 Å². The Kier molecular flexibility index (Phi) is 5.59. The van der Waals surface area contributed by atoms with Crippen molar-refractivity contribution in [3.05, 3.63) is 100.0 Å². The molecule has 2 aromatic carbocycles. The Bertz CT molecular complexity index is 881. The number of carbonyl (C=O) groups excluding carboxylic acids is 1. The van der Waals surface area contributed by atoms with E-state index in [2.05, 4.69) is 34.7 Å². The van der Waals surface area contributed by atoms with Crippen molar-refractivity contribution in [2.24, 2.45) is 7.05 Å². The maximum Gasteiger partial charge on any atom is 0.271 e. The van der Waals surface area contributed by atoms with Crippen LogP contribution >= 0.6 is 0 Å². The summed E-state index contributed by atoms with van der Waals surface area (Å²) in [4.78, 5) is 23.7. The van der Waals surface area contributed by atoms with Gasteiger partial charge in [0.25, 0.3) is 11.5 Å². The van der Waals surface area contributed by atoms with Crippen molar-refractivity contribution < 1.29 is 4.79 Å². The van der Waals surface area contributed by atoms with Gasteiger partial charge in [-0.1, -0.05) is 60.7 Å². The summed E-state index contributed by atoms with van der Waals surface area (Å²) in [5, 5.41) is 6.88. The maximum absolute atomic E-state index is 12.3. The van der Waals surface area contributed by atoms with Crippen LogP contribution in [0.1, 0.15) is 34.0 Å². The van der Waals surface area contributed by atoms with E-state index >= 15 is 0 Å². The standard InChI is InChI=1S/C21H21N3O2/c1-24-20(25)13-12-19(23-24)21(26)22-15-14-18(16-8-4-2-5-9-16)17-10-6-3-7-11-17/h2-13,18H,14-15H2,1H3,(H,22,26). The Labute approximate surface area is 152 Å². The van der Waals surface area contributed by atoms with Crippen LogP contribution in [-0.4, -0.2) is 22.2 Å². The number of hydrogen-bond donors (Lipinski definition) is 1. The van der Waals surface area contributed by atoms with Crippen LogP contribution in [0.15, 0.2) is 77.6 Å². The molecule has 3 aromatic rings. The highest BCUT2D eigenvalue weighted by molar-refractivity contribution is 5.91. The van der Waals surface area contributed by atoms with Crippen molar-refractivity contribution in [1.82, 2.24) is 15.1 Å². The lowest BCUT2D eigenvalue weighted by molar-refractivity contribution is 0.0945. The van der Waals surface area contributed by atoms with E-state index in [1.54, 1.807) is 0 Å². The number of carbonyl (C=O) groups is 1. The third-order valence-electron chi connectivity index (χ3n) is 4.32. The van der Waals surface area contributed by atoms with Crippen LogP contribution in [0.5, 0.6) is 0 Å². The number of aryl methyl sites for hydroxylation is 1. The first-order valence-corrected chi connectivity index (χ1v) is 8.57. The first-order chi connectivity index (χ1) is 12.6. The molecule has 0 spiro atoms. The highest BCUT2D eigenvalue weighted by Crippen LogP contribution is 2.27. The van der Waals surface area contributed by atoms with Crippen molar-refractivity contribution in [1.29, 1.82) is 0 Å². The molecule has 0 aliphatic carbocycles. The lowest BCUT2D eigenvalue weighted by Gasteiger charge is -2.18. The number of hydrogen-bond acceptors (Lipinski definition) is 3. The largest absolute Gasteiger partial charge is 0.351 e. The monoisotopic (exact) mass is 347 g/mol. The van der Waals surface area contributed by atoms with Gasteiger partial charge in [-0.25, -0.2) is 4.68 Å². The highest BCUT2D eigenvalue weighted by atomic mass is 16.2. The molecule has 0 unspecified atom stereocenters. The van der Waals surface area contributed by atoms with E-state index in [4.69, 9.17) is 0 Å². The molecule has 0 saturated heterocycles. The minimum Gasteiger partial charge on any atom is -0.351 e. The second-order valence-corrected chi connectivity index (χ2v) is 6.10. The molecule has 26 heavy (non-hydrogen) atoms. The average Bonchev–Trinajstić information content (AvgIpc) is 2.68. The quantitative estimate of drug-likeness (QED) is 0.746. The summed E-state index contributed by atoms with van der Waals surface area (Å²) < 4.78 is 1.16. The van der Waals surface area contributed by atoms with Gasteiger partial charge in [-0.15, -0.1) is 0 Å². The average molecular weight is 347 g/mol. The van der Waals surface area contributed by atoms with Gasteiger partial charge in [-0.3, -0.25) is 9.59 Å². The molecule has 1 amide bonds. The Hall–Kier alpha value is -3.21. The lowest BCUT2D eigenvalue weighted by atomic mass is 9.88. The van der Waals surface area contributed by atoms with Gasteiger partial charge < -0.3 is 5.32 Å². The molecule has 0 fully saturated rings. The van der Waals surface area contributed by atoms with Crippen LogP contribution in [0.25, 0.3) is 0 Å². The van der Waals surface area contributed by atoms with Crippen LogP contribution in [0.2, 0.25) is 0 Å². The third kappa shape index (κ3) is 4.25. The van der Waals surface area contributed by atoms with E-state index in [-0.39, 0.29) is 23.1 Å². The van der Waals surface area contributed by atoms with E-state index in [9.17, 15) is 9.59 Å². The van der Waals surface area contributed by atoms with Gasteiger partial charge in [0.1, 0.15) is 5.69 Å². The minimum atomic E-state index is -0.277. The number of benzene rings is 2. The Morgan fingerprint density at radius 1 is 0.962 bits per heavy atom. The van der Waals surface area contributed by atoms with Crippen LogP contribution in [0.4, 0.5) is 0 Å². The molecule has 1 heterocycles. The predicted molar refractivity (Wildman–Crippen MR) is 101 cm³/mol. The first kappa shape index (κ1) is 17.6. The van der Waals surface area contributed by atoms with Gasteiger partial charge in [0.15, 0.2) is 0 Å². The zero-order valence-corrected chi connectivity index (χ0v) is 14.6. The van der Waals surface area contributed by atoms with Gasteiger partial charge in [0.2, 0.25) is 0 Å². The number of rotatable bonds is 6. The van der Waals surface area contributed by atoms with E-state index in [1.165, 1.54) is 30.3 Å². The molecule has 0 saturated carbocycles. The maximum atomic E-state index is 12.3. The second-order valence-electron chi connectivity index (χ2n) is 6.10. The number of amides is 1. The molecule has 0 atom stereocenters. The smallest absolute Gasteiger partial charge is 0.271 e. The molecule has 0 aliphatic rings. The predicted octanol–water partition coefficient (Wildman–Crippen LogP) is 2.73. The van der Waals surface area contributed by atoms with Gasteiger partial charge in [0.05, 0.1) is 0 Å². The molecule has 132 valence electrons. The molecule has 1 aromatic heterocycles. The van der Waals surface area contributed by atoms with Crippen molar-refractivity contribution in [2.75, 3.05) is 6.54 Å². The fourth-order valence-electron chi connectivity index (χ4n) is 2.94. The Morgan fingerprint density at radius 3 is 2.08 bits per heavy atom. The van der Waals surface area contributed by atoms with E-state index < -0.39 is 0 Å². The summed E-state index contributed by atoms with van der Waals surface area (Å²) in [5.74, 6) is -0.0775. The fourth-order valence-corrected chi connectivity index (χ4v) is 2.94. The fraction of sp³-hybridized carbons (Fsp3) is 0.190. The van der Waals surface area contributed by atoms with E-state index in [1.807, 2.05) is 36.4 Å². The zero-order chi connectivity index (χ0) is 18.4. The summed E-state index contributed by atoms with van der Waals surface area (Å²) in [6, 6.07) is 23.3. The van der Waals surface area contributed by atoms with Crippen LogP contribution in [0.3, 0.4) is 0 Å². The normalized spacial score (nSPS) is 10.7. The highest BCUT2D eigenvalue weighted by Gasteiger charge is 2.15. The van der Waals surface area contributed by atoms with E-state index in [0.717, 1.165) is 11.1 Å². The van der Waals surface area contributed by atoms with Gasteiger partial charge in [-0.2, -0.15) is 5.10 Å². The summed E-state index contributed by atoms with van der Waals surface area (Å²) in [7, 11) is 1.53. The van der Waals surface area contributed by atoms with Crippen molar-refractivity contribution >= 4 is 5.91 Å². The SMILES string of the molecule is Cn1nc(C(=O)NCCC(c2ccccc2)c2ccccc2)ccc1=O. The topological polar surface area (TPSA) is 64.0 Å². The number of nitrogens with one attached hydrogen (secondary N) is 1. The van der Waals surface area contributed by atoms with Crippen molar-refractivity contribution in [3.63, 3.8) is 0 Å². The number of aromatic nitrogens is 2. The number of nitrogens with zero attached hydrogens (tertiary/aromatic N) is 2. The summed E-state index contributed by atoms with van der Waals surface area (Å²) >= 11 is 0. The Morgan fingerprint density at radius 2 is 1.54 bits per heavy atom. The zero-order valence-electron chi connectivity index (χ0n) is 14.6. The van der Waals surface area contributed by atoms with E-state index in [0.29, 0.717) is 6.54 Å². The van der Waals surface area contributed by atoms with Crippen LogP contribution < -0.4 is 10.9 Å². The van der Waals surface area contributed by atoms with Gasteiger partial charge in [-0.05, 0) is 23.6 Å². The molecule has 0 bridgehead atoms. The summed E-state index contributed by atoms with van der Waals surface area (Å²) in [6.07, 6.45) is 0.769. The van der Waals surface area contributed by atoms with Crippen molar-refractivity contribution in [2.45, 2.75) is 12.3 Å². The van der Waals surface area contributed by atoms with Gasteiger partial charge in [0, 0.05) is 25.6 Å². The summed E-state index contributed by atoms with van der Waals surface area (Å²) in [6.45, 7) is 0.512. The molecule has 1 N–H and O–H groups in total. The molecular formula is C21H21N3O2.